The third-order valence-corrected chi connectivity index (χ3v) is 4.28. The zero-order valence-electron chi connectivity index (χ0n) is 12.1. The zero-order valence-corrected chi connectivity index (χ0v) is 12.9. The first-order chi connectivity index (χ1) is 10.0. The molecule has 22 heavy (non-hydrogen) atoms. The Morgan fingerprint density at radius 2 is 1.95 bits per heavy atom. The minimum Gasteiger partial charge on any atom is -0.355 e. The van der Waals surface area contributed by atoms with Gasteiger partial charge in [0.25, 0.3) is 0 Å². The average molecular weight is 338 g/mol. The third-order valence-electron chi connectivity index (χ3n) is 3.02. The molecule has 0 saturated heterocycles. The molecule has 1 atom stereocenters. The highest BCUT2D eigenvalue weighted by Crippen LogP contribution is 2.30. The molecule has 0 bridgehead atoms. The maximum Gasteiger partial charge on any atom is 0.416 e. The van der Waals surface area contributed by atoms with E-state index in [1.807, 2.05) is 4.72 Å². The van der Waals surface area contributed by atoms with Crippen LogP contribution in [-0.4, -0.2) is 33.7 Å². The molecule has 0 aliphatic heterocycles. The Bertz CT molecular complexity index is 630. The SMILES string of the molecule is CNS(=O)(=O)CC(=O)NC[C@@H](C)c1cccc(C(F)(F)F)c1. The normalized spacial score (nSPS) is 13.7. The molecular formula is C13H17F3N2O3S. The number of rotatable bonds is 6. The van der Waals surface area contributed by atoms with Gasteiger partial charge >= 0.3 is 6.18 Å². The molecule has 1 aromatic carbocycles. The predicted octanol–water partition coefficient (Wildman–Crippen LogP) is 1.47. The highest BCUT2D eigenvalue weighted by atomic mass is 32.2. The fourth-order valence-corrected chi connectivity index (χ4v) is 2.29. The molecule has 0 aliphatic rings. The minimum atomic E-state index is -4.43. The molecule has 1 rings (SSSR count). The number of alkyl halides is 3. The van der Waals surface area contributed by atoms with Crippen LogP contribution in [0.15, 0.2) is 24.3 Å². The van der Waals surface area contributed by atoms with Crippen molar-refractivity contribution in [2.75, 3.05) is 19.3 Å². The Labute approximate surface area is 127 Å². The molecule has 0 radical (unpaired) electrons. The van der Waals surface area contributed by atoms with Gasteiger partial charge in [-0.15, -0.1) is 0 Å². The number of hydrogen-bond donors (Lipinski definition) is 2. The summed E-state index contributed by atoms with van der Waals surface area (Å²) < 4.78 is 62.2. The lowest BCUT2D eigenvalue weighted by molar-refractivity contribution is -0.137. The second-order valence-electron chi connectivity index (χ2n) is 4.79. The van der Waals surface area contributed by atoms with Gasteiger partial charge in [0.1, 0.15) is 5.75 Å². The Hall–Kier alpha value is -1.61. The molecule has 1 amide bonds. The first-order valence-corrected chi connectivity index (χ1v) is 8.05. The van der Waals surface area contributed by atoms with Crippen molar-refractivity contribution in [3.8, 4) is 0 Å². The molecule has 0 fully saturated rings. The van der Waals surface area contributed by atoms with E-state index in [2.05, 4.69) is 5.32 Å². The molecule has 5 nitrogen and oxygen atoms in total. The van der Waals surface area contributed by atoms with Crippen molar-refractivity contribution in [3.63, 3.8) is 0 Å². The van der Waals surface area contributed by atoms with E-state index in [0.29, 0.717) is 5.56 Å². The number of hydrogen-bond acceptors (Lipinski definition) is 3. The lowest BCUT2D eigenvalue weighted by Crippen LogP contribution is -2.36. The van der Waals surface area contributed by atoms with E-state index in [0.717, 1.165) is 12.1 Å². The molecule has 2 N–H and O–H groups in total. The maximum atomic E-state index is 12.6. The van der Waals surface area contributed by atoms with Crippen LogP contribution in [0.4, 0.5) is 13.2 Å². The molecule has 0 unspecified atom stereocenters. The van der Waals surface area contributed by atoms with E-state index in [-0.39, 0.29) is 12.5 Å². The van der Waals surface area contributed by atoms with Gasteiger partial charge < -0.3 is 5.32 Å². The first-order valence-electron chi connectivity index (χ1n) is 6.40. The van der Waals surface area contributed by atoms with Crippen LogP contribution >= 0.6 is 0 Å². The monoisotopic (exact) mass is 338 g/mol. The summed E-state index contributed by atoms with van der Waals surface area (Å²) in [7, 11) is -2.48. The smallest absolute Gasteiger partial charge is 0.355 e. The molecule has 0 spiro atoms. The molecule has 1 aromatic rings. The lowest BCUT2D eigenvalue weighted by atomic mass is 9.99. The standard InChI is InChI=1S/C13H17F3N2O3S/c1-9(7-18-12(19)8-22(20,21)17-2)10-4-3-5-11(6-10)13(14,15)16/h3-6,9,17H,7-8H2,1-2H3,(H,18,19)/t9-/m1/s1. The van der Waals surface area contributed by atoms with Gasteiger partial charge in [-0.1, -0.05) is 25.1 Å². The number of benzene rings is 1. The van der Waals surface area contributed by atoms with Crippen molar-refractivity contribution in [1.82, 2.24) is 10.0 Å². The average Bonchev–Trinajstić information content (AvgIpc) is 2.43. The summed E-state index contributed by atoms with van der Waals surface area (Å²) in [6.07, 6.45) is -4.43. The van der Waals surface area contributed by atoms with E-state index in [1.54, 1.807) is 6.92 Å². The van der Waals surface area contributed by atoms with E-state index in [1.165, 1.54) is 19.2 Å². The highest BCUT2D eigenvalue weighted by molar-refractivity contribution is 7.90. The van der Waals surface area contributed by atoms with Crippen molar-refractivity contribution in [2.24, 2.45) is 0 Å². The Balaban J connectivity index is 2.67. The van der Waals surface area contributed by atoms with E-state index >= 15 is 0 Å². The number of carbonyl (C=O) groups excluding carboxylic acids is 1. The van der Waals surface area contributed by atoms with E-state index in [4.69, 9.17) is 0 Å². The van der Waals surface area contributed by atoms with E-state index in [9.17, 15) is 26.4 Å². The minimum absolute atomic E-state index is 0.0410. The summed E-state index contributed by atoms with van der Waals surface area (Å²) in [5, 5.41) is 2.39. The van der Waals surface area contributed by atoms with Crippen molar-refractivity contribution in [3.05, 3.63) is 35.4 Å². The van der Waals surface area contributed by atoms with Crippen LogP contribution in [-0.2, 0) is 21.0 Å². The molecule has 0 heterocycles. The number of nitrogens with one attached hydrogen (secondary N) is 2. The van der Waals surface area contributed by atoms with Gasteiger partial charge in [-0.3, -0.25) is 4.79 Å². The number of amides is 1. The number of carbonyl (C=O) groups is 1. The maximum absolute atomic E-state index is 12.6. The van der Waals surface area contributed by atoms with Gasteiger partial charge in [-0.2, -0.15) is 13.2 Å². The van der Waals surface area contributed by atoms with Crippen LogP contribution < -0.4 is 10.0 Å². The summed E-state index contributed by atoms with van der Waals surface area (Å²) >= 11 is 0. The summed E-state index contributed by atoms with van der Waals surface area (Å²) in [6, 6.07) is 4.80. The van der Waals surface area contributed by atoms with Gasteiger partial charge in [0, 0.05) is 6.54 Å². The van der Waals surface area contributed by atoms with Crippen molar-refractivity contribution in [1.29, 1.82) is 0 Å². The zero-order chi connectivity index (χ0) is 17.0. The molecule has 0 aliphatic carbocycles. The van der Waals surface area contributed by atoms with Gasteiger partial charge in [-0.05, 0) is 24.6 Å². The summed E-state index contributed by atoms with van der Waals surface area (Å²) in [6.45, 7) is 1.68. The Morgan fingerprint density at radius 3 is 2.50 bits per heavy atom. The molecular weight excluding hydrogens is 321 g/mol. The van der Waals surface area contributed by atoms with Crippen LogP contribution in [0, 0.1) is 0 Å². The second-order valence-corrected chi connectivity index (χ2v) is 6.72. The predicted molar refractivity (Wildman–Crippen MR) is 75.7 cm³/mol. The van der Waals surface area contributed by atoms with Crippen molar-refractivity contribution >= 4 is 15.9 Å². The molecule has 9 heteroatoms. The summed E-state index contributed by atoms with van der Waals surface area (Å²) in [5.74, 6) is -1.82. The van der Waals surface area contributed by atoms with Gasteiger partial charge in [0.2, 0.25) is 15.9 Å². The quantitative estimate of drug-likeness (QED) is 0.825. The highest BCUT2D eigenvalue weighted by Gasteiger charge is 2.30. The number of halogens is 3. The Morgan fingerprint density at radius 1 is 1.32 bits per heavy atom. The van der Waals surface area contributed by atoms with E-state index < -0.39 is 33.4 Å². The van der Waals surface area contributed by atoms with Gasteiger partial charge in [-0.25, -0.2) is 13.1 Å². The van der Waals surface area contributed by atoms with Crippen LogP contribution in [0.25, 0.3) is 0 Å². The summed E-state index contributed by atoms with van der Waals surface area (Å²) in [5.41, 5.74) is -0.354. The first kappa shape index (κ1) is 18.4. The second kappa shape index (κ2) is 7.10. The lowest BCUT2D eigenvalue weighted by Gasteiger charge is -2.15. The fourth-order valence-electron chi connectivity index (χ4n) is 1.70. The summed E-state index contributed by atoms with van der Waals surface area (Å²) in [4.78, 5) is 11.5. The molecule has 0 aromatic heterocycles. The van der Waals surface area contributed by atoms with Crippen LogP contribution in [0.1, 0.15) is 24.0 Å². The number of sulfonamides is 1. The largest absolute Gasteiger partial charge is 0.416 e. The van der Waals surface area contributed by atoms with Crippen molar-refractivity contribution in [2.45, 2.75) is 19.0 Å². The van der Waals surface area contributed by atoms with Crippen LogP contribution in [0.2, 0.25) is 0 Å². The van der Waals surface area contributed by atoms with Crippen LogP contribution in [0.3, 0.4) is 0 Å². The van der Waals surface area contributed by atoms with Crippen LogP contribution in [0.5, 0.6) is 0 Å². The molecule has 0 saturated carbocycles. The molecule has 124 valence electrons. The Kier molecular flexibility index (Phi) is 5.95. The van der Waals surface area contributed by atoms with Crippen molar-refractivity contribution < 1.29 is 26.4 Å². The topological polar surface area (TPSA) is 75.3 Å². The fraction of sp³-hybridized carbons (Fsp3) is 0.462. The van der Waals surface area contributed by atoms with Gasteiger partial charge in [0.05, 0.1) is 5.56 Å². The third kappa shape index (κ3) is 5.64. The van der Waals surface area contributed by atoms with Gasteiger partial charge in [0.15, 0.2) is 0 Å².